The maximum atomic E-state index is 11.8. The van der Waals surface area contributed by atoms with E-state index in [0.717, 1.165) is 0 Å². The number of rotatable bonds is 6. The zero-order valence-corrected chi connectivity index (χ0v) is 10.8. The molecule has 0 radical (unpaired) electrons. The van der Waals surface area contributed by atoms with Gasteiger partial charge in [0.05, 0.1) is 5.41 Å². The summed E-state index contributed by atoms with van der Waals surface area (Å²) in [7, 11) is 0. The second kappa shape index (κ2) is 6.70. The van der Waals surface area contributed by atoms with Crippen molar-refractivity contribution in [2.45, 2.75) is 26.2 Å². The Morgan fingerprint density at radius 2 is 2.06 bits per heavy atom. The average Bonchev–Trinajstić information content (AvgIpc) is 2.38. The first-order valence-electron chi connectivity index (χ1n) is 6.34. The quantitative estimate of drug-likeness (QED) is 0.621. The van der Waals surface area contributed by atoms with Crippen LogP contribution in [0.15, 0.2) is 0 Å². The predicted molar refractivity (Wildman–Crippen MR) is 66.0 cm³/mol. The minimum atomic E-state index is -0.888. The van der Waals surface area contributed by atoms with Gasteiger partial charge in [0.1, 0.15) is 0 Å². The zero-order chi connectivity index (χ0) is 13.6. The van der Waals surface area contributed by atoms with Gasteiger partial charge in [-0.25, -0.2) is 0 Å². The monoisotopic (exact) mass is 258 g/mol. The van der Waals surface area contributed by atoms with E-state index in [4.69, 9.17) is 10.5 Å². The van der Waals surface area contributed by atoms with Gasteiger partial charge in [-0.1, -0.05) is 6.92 Å². The number of aliphatic carboxylic acids is 1. The summed E-state index contributed by atoms with van der Waals surface area (Å²) in [6.07, 6.45) is 1.52. The third-order valence-corrected chi connectivity index (χ3v) is 3.65. The van der Waals surface area contributed by atoms with Crippen LogP contribution >= 0.6 is 0 Å². The Labute approximate surface area is 107 Å². The molecular formula is C12H22N2O4. The van der Waals surface area contributed by atoms with Gasteiger partial charge in [-0.3, -0.25) is 9.59 Å². The molecule has 0 saturated carbocycles. The number of amides is 1. The van der Waals surface area contributed by atoms with E-state index in [1.165, 1.54) is 0 Å². The molecule has 0 bridgehead atoms. The Morgan fingerprint density at radius 3 is 2.50 bits per heavy atom. The van der Waals surface area contributed by atoms with Gasteiger partial charge in [0.2, 0.25) is 5.91 Å². The number of carboxylic acid groups (broad SMARTS) is 1. The van der Waals surface area contributed by atoms with Crippen molar-refractivity contribution in [2.75, 3.05) is 26.3 Å². The van der Waals surface area contributed by atoms with Gasteiger partial charge < -0.3 is 20.9 Å². The summed E-state index contributed by atoms with van der Waals surface area (Å²) in [6.45, 7) is 3.18. The first-order valence-corrected chi connectivity index (χ1v) is 6.34. The second-order valence-electron chi connectivity index (χ2n) is 4.76. The van der Waals surface area contributed by atoms with Crippen LogP contribution in [0.3, 0.4) is 0 Å². The number of carboxylic acids is 1. The topological polar surface area (TPSA) is 102 Å². The Balaban J connectivity index is 2.57. The zero-order valence-electron chi connectivity index (χ0n) is 10.8. The molecule has 1 aliphatic heterocycles. The lowest BCUT2D eigenvalue weighted by molar-refractivity contribution is -0.154. The first kappa shape index (κ1) is 14.9. The summed E-state index contributed by atoms with van der Waals surface area (Å²) < 4.78 is 5.18. The molecule has 1 aliphatic rings. The Morgan fingerprint density at radius 1 is 1.44 bits per heavy atom. The van der Waals surface area contributed by atoms with E-state index in [2.05, 4.69) is 5.32 Å². The van der Waals surface area contributed by atoms with Gasteiger partial charge in [0.25, 0.3) is 0 Å². The van der Waals surface area contributed by atoms with Crippen LogP contribution in [0.2, 0.25) is 0 Å². The molecular weight excluding hydrogens is 236 g/mol. The van der Waals surface area contributed by atoms with E-state index in [-0.39, 0.29) is 24.9 Å². The van der Waals surface area contributed by atoms with Crippen LogP contribution in [0, 0.1) is 11.3 Å². The average molecular weight is 258 g/mol. The Hall–Kier alpha value is -1.14. The molecule has 1 atom stereocenters. The first-order chi connectivity index (χ1) is 8.55. The van der Waals surface area contributed by atoms with E-state index in [9.17, 15) is 14.7 Å². The maximum Gasteiger partial charge on any atom is 0.311 e. The van der Waals surface area contributed by atoms with Crippen LogP contribution in [0.1, 0.15) is 26.2 Å². The highest BCUT2D eigenvalue weighted by molar-refractivity contribution is 5.80. The van der Waals surface area contributed by atoms with Gasteiger partial charge in [-0.2, -0.15) is 0 Å². The van der Waals surface area contributed by atoms with E-state index in [1.54, 1.807) is 0 Å². The summed E-state index contributed by atoms with van der Waals surface area (Å²) in [6, 6.07) is 0. The number of nitrogens with one attached hydrogen (secondary N) is 1. The van der Waals surface area contributed by atoms with E-state index in [0.29, 0.717) is 32.5 Å². The van der Waals surface area contributed by atoms with Crippen LogP contribution in [0.25, 0.3) is 0 Å². The van der Waals surface area contributed by atoms with Crippen LogP contribution in [-0.4, -0.2) is 43.3 Å². The molecule has 0 aromatic carbocycles. The molecule has 1 saturated heterocycles. The number of carbonyl (C=O) groups is 2. The summed E-state index contributed by atoms with van der Waals surface area (Å²) in [5.41, 5.74) is 4.60. The molecule has 1 heterocycles. The van der Waals surface area contributed by atoms with Gasteiger partial charge in [-0.15, -0.1) is 0 Å². The summed E-state index contributed by atoms with van der Waals surface area (Å²) in [5.74, 6) is -1.27. The summed E-state index contributed by atoms with van der Waals surface area (Å²) >= 11 is 0. The number of carbonyl (C=O) groups excluding carboxylic acids is 1. The van der Waals surface area contributed by atoms with Gasteiger partial charge in [0.15, 0.2) is 0 Å². The highest BCUT2D eigenvalue weighted by Gasteiger charge is 2.40. The third-order valence-electron chi connectivity index (χ3n) is 3.65. The molecule has 0 aliphatic carbocycles. The lowest BCUT2D eigenvalue weighted by atomic mass is 9.80. The molecule has 1 amide bonds. The highest BCUT2D eigenvalue weighted by atomic mass is 16.5. The van der Waals surface area contributed by atoms with Crippen molar-refractivity contribution < 1.29 is 19.4 Å². The minimum absolute atomic E-state index is 0.154. The Kier molecular flexibility index (Phi) is 5.55. The molecule has 1 unspecified atom stereocenters. The molecule has 6 heteroatoms. The third kappa shape index (κ3) is 3.43. The molecule has 104 valence electrons. The minimum Gasteiger partial charge on any atom is -0.481 e. The molecule has 0 aromatic rings. The predicted octanol–water partition coefficient (Wildman–Crippen LogP) is -0.0311. The van der Waals surface area contributed by atoms with Crippen molar-refractivity contribution in [1.29, 1.82) is 0 Å². The number of nitrogens with two attached hydrogens (primary N) is 1. The maximum absolute atomic E-state index is 11.8. The smallest absolute Gasteiger partial charge is 0.311 e. The van der Waals surface area contributed by atoms with Crippen molar-refractivity contribution in [2.24, 2.45) is 17.1 Å². The van der Waals surface area contributed by atoms with Gasteiger partial charge >= 0.3 is 5.97 Å². The summed E-state index contributed by atoms with van der Waals surface area (Å²) in [5, 5.41) is 12.0. The molecule has 1 rings (SSSR count). The number of ether oxygens (including phenoxy) is 1. The van der Waals surface area contributed by atoms with E-state index < -0.39 is 11.4 Å². The largest absolute Gasteiger partial charge is 0.481 e. The molecule has 4 N–H and O–H groups in total. The van der Waals surface area contributed by atoms with Gasteiger partial charge in [-0.05, 0) is 19.3 Å². The molecule has 0 aromatic heterocycles. The van der Waals surface area contributed by atoms with Crippen molar-refractivity contribution in [1.82, 2.24) is 5.32 Å². The Bertz CT molecular complexity index is 296. The van der Waals surface area contributed by atoms with Crippen LogP contribution in [-0.2, 0) is 14.3 Å². The number of hydrogen-bond donors (Lipinski definition) is 3. The van der Waals surface area contributed by atoms with Crippen molar-refractivity contribution in [3.63, 3.8) is 0 Å². The molecule has 0 spiro atoms. The van der Waals surface area contributed by atoms with Crippen molar-refractivity contribution in [3.05, 3.63) is 0 Å². The normalized spacial score (nSPS) is 20.1. The van der Waals surface area contributed by atoms with Crippen LogP contribution in [0.4, 0.5) is 0 Å². The standard InChI is InChI=1S/C12H22N2O4/c1-2-9(7-13)10(15)14-8-12(11(16)17)3-5-18-6-4-12/h9H,2-8,13H2,1H3,(H,14,15)(H,16,17). The SMILES string of the molecule is CCC(CN)C(=O)NCC1(C(=O)O)CCOCC1. The lowest BCUT2D eigenvalue weighted by Crippen LogP contribution is -2.48. The molecule has 18 heavy (non-hydrogen) atoms. The van der Waals surface area contributed by atoms with Crippen molar-refractivity contribution >= 4 is 11.9 Å². The number of hydrogen-bond acceptors (Lipinski definition) is 4. The van der Waals surface area contributed by atoms with E-state index >= 15 is 0 Å². The van der Waals surface area contributed by atoms with E-state index in [1.807, 2.05) is 6.92 Å². The molecule has 1 fully saturated rings. The van der Waals surface area contributed by atoms with Crippen molar-refractivity contribution in [3.8, 4) is 0 Å². The fraction of sp³-hybridized carbons (Fsp3) is 0.833. The van der Waals surface area contributed by atoms with Crippen LogP contribution < -0.4 is 11.1 Å². The second-order valence-corrected chi connectivity index (χ2v) is 4.76. The van der Waals surface area contributed by atoms with Crippen LogP contribution in [0.5, 0.6) is 0 Å². The van der Waals surface area contributed by atoms with Gasteiger partial charge in [0, 0.05) is 32.2 Å². The molecule has 6 nitrogen and oxygen atoms in total. The fourth-order valence-corrected chi connectivity index (χ4v) is 2.09. The summed E-state index contributed by atoms with van der Waals surface area (Å²) in [4.78, 5) is 23.2. The fourth-order valence-electron chi connectivity index (χ4n) is 2.09. The lowest BCUT2D eigenvalue weighted by Gasteiger charge is -2.33. The highest BCUT2D eigenvalue weighted by Crippen LogP contribution is 2.30.